The van der Waals surface area contributed by atoms with Gasteiger partial charge in [-0.15, -0.1) is 11.3 Å². The van der Waals surface area contributed by atoms with Crippen LogP contribution in [0.15, 0.2) is 70.7 Å². The average molecular weight is 439 g/mol. The standard InChI is InChI=1S/C25H30N2O3S/c1-3-20(2)27(24(28)17-23-12-8-16-31-23)19-25(29)26(18-22-11-7-15-30-22)14-13-21-9-5-4-6-10-21/h4-12,15-16,20H,3,13-14,17-19H2,1-2H3. The summed E-state index contributed by atoms with van der Waals surface area (Å²) in [6.07, 6.45) is 3.49. The molecule has 0 saturated carbocycles. The SMILES string of the molecule is CCC(C)N(CC(=O)N(CCc1ccccc1)Cc1ccco1)C(=O)Cc1cccs1. The minimum Gasteiger partial charge on any atom is -0.467 e. The summed E-state index contributed by atoms with van der Waals surface area (Å²) in [5, 5.41) is 1.97. The fourth-order valence-corrected chi connectivity index (χ4v) is 4.11. The Kier molecular flexibility index (Phi) is 8.47. The van der Waals surface area contributed by atoms with Gasteiger partial charge in [0.15, 0.2) is 0 Å². The van der Waals surface area contributed by atoms with Gasteiger partial charge in [-0.05, 0) is 48.9 Å². The molecule has 1 aromatic carbocycles. The van der Waals surface area contributed by atoms with Gasteiger partial charge in [0.1, 0.15) is 12.3 Å². The van der Waals surface area contributed by atoms with Crippen LogP contribution in [0.3, 0.4) is 0 Å². The number of thiophene rings is 1. The van der Waals surface area contributed by atoms with Crippen molar-refractivity contribution in [1.82, 2.24) is 9.80 Å². The van der Waals surface area contributed by atoms with E-state index >= 15 is 0 Å². The van der Waals surface area contributed by atoms with Crippen LogP contribution in [0.2, 0.25) is 0 Å². The van der Waals surface area contributed by atoms with Gasteiger partial charge < -0.3 is 14.2 Å². The summed E-state index contributed by atoms with van der Waals surface area (Å²) in [4.78, 5) is 30.9. The maximum atomic E-state index is 13.3. The summed E-state index contributed by atoms with van der Waals surface area (Å²) in [7, 11) is 0. The van der Waals surface area contributed by atoms with Crippen LogP contribution in [-0.4, -0.2) is 40.7 Å². The van der Waals surface area contributed by atoms with E-state index in [4.69, 9.17) is 4.42 Å². The number of furan rings is 1. The molecule has 2 heterocycles. The summed E-state index contributed by atoms with van der Waals surface area (Å²) >= 11 is 1.57. The number of benzene rings is 1. The van der Waals surface area contributed by atoms with E-state index < -0.39 is 0 Å². The van der Waals surface area contributed by atoms with Gasteiger partial charge in [0.25, 0.3) is 0 Å². The lowest BCUT2D eigenvalue weighted by molar-refractivity contribution is -0.142. The lowest BCUT2D eigenvalue weighted by atomic mass is 10.1. The zero-order valence-corrected chi connectivity index (χ0v) is 19.0. The van der Waals surface area contributed by atoms with Crippen LogP contribution in [0.25, 0.3) is 0 Å². The van der Waals surface area contributed by atoms with E-state index in [2.05, 4.69) is 12.1 Å². The second-order valence-corrected chi connectivity index (χ2v) is 8.70. The van der Waals surface area contributed by atoms with E-state index in [-0.39, 0.29) is 24.4 Å². The topological polar surface area (TPSA) is 53.8 Å². The molecule has 0 radical (unpaired) electrons. The molecule has 0 bridgehead atoms. The predicted molar refractivity (Wildman–Crippen MR) is 124 cm³/mol. The van der Waals surface area contributed by atoms with E-state index in [9.17, 15) is 9.59 Å². The van der Waals surface area contributed by atoms with E-state index in [1.165, 1.54) is 5.56 Å². The second-order valence-electron chi connectivity index (χ2n) is 7.67. The van der Waals surface area contributed by atoms with Gasteiger partial charge >= 0.3 is 0 Å². The highest BCUT2D eigenvalue weighted by Gasteiger charge is 2.25. The molecule has 0 N–H and O–H groups in total. The Morgan fingerprint density at radius 1 is 1.03 bits per heavy atom. The molecule has 0 spiro atoms. The van der Waals surface area contributed by atoms with Crippen molar-refractivity contribution in [2.75, 3.05) is 13.1 Å². The van der Waals surface area contributed by atoms with Crippen LogP contribution in [0.5, 0.6) is 0 Å². The monoisotopic (exact) mass is 438 g/mol. The Balaban J connectivity index is 1.71. The maximum Gasteiger partial charge on any atom is 0.242 e. The van der Waals surface area contributed by atoms with Crippen LogP contribution < -0.4 is 0 Å². The predicted octanol–water partition coefficient (Wildman–Crippen LogP) is 4.78. The van der Waals surface area contributed by atoms with Crippen LogP contribution >= 0.6 is 11.3 Å². The molecule has 0 aliphatic heterocycles. The van der Waals surface area contributed by atoms with Gasteiger partial charge in [0.2, 0.25) is 11.8 Å². The van der Waals surface area contributed by atoms with Gasteiger partial charge in [0, 0.05) is 17.5 Å². The Labute approximate surface area is 188 Å². The lowest BCUT2D eigenvalue weighted by Gasteiger charge is -2.31. The fraction of sp³-hybridized carbons (Fsp3) is 0.360. The summed E-state index contributed by atoms with van der Waals surface area (Å²) < 4.78 is 5.48. The maximum absolute atomic E-state index is 13.3. The summed E-state index contributed by atoms with van der Waals surface area (Å²) in [5.41, 5.74) is 1.17. The number of rotatable bonds is 11. The molecule has 1 unspecified atom stereocenters. The zero-order valence-electron chi connectivity index (χ0n) is 18.2. The molecule has 0 saturated heterocycles. The van der Waals surface area contributed by atoms with Gasteiger partial charge in [-0.1, -0.05) is 43.3 Å². The molecule has 164 valence electrons. The van der Waals surface area contributed by atoms with Gasteiger partial charge in [0.05, 0.1) is 19.2 Å². The Morgan fingerprint density at radius 3 is 2.48 bits per heavy atom. The smallest absolute Gasteiger partial charge is 0.242 e. The first kappa shape index (κ1) is 22.8. The van der Waals surface area contributed by atoms with Crippen molar-refractivity contribution in [2.45, 2.75) is 45.7 Å². The molecule has 3 rings (SSSR count). The highest BCUT2D eigenvalue weighted by Crippen LogP contribution is 2.15. The number of hydrogen-bond acceptors (Lipinski definition) is 4. The third-order valence-corrected chi connectivity index (χ3v) is 6.32. The van der Waals surface area contributed by atoms with Crippen molar-refractivity contribution in [3.63, 3.8) is 0 Å². The molecule has 1 atom stereocenters. The normalized spacial score (nSPS) is 11.8. The zero-order chi connectivity index (χ0) is 22.1. The van der Waals surface area contributed by atoms with Crippen molar-refractivity contribution in [1.29, 1.82) is 0 Å². The third-order valence-electron chi connectivity index (χ3n) is 5.45. The first-order valence-corrected chi connectivity index (χ1v) is 11.6. The first-order chi connectivity index (χ1) is 15.1. The number of carbonyl (C=O) groups is 2. The quantitative estimate of drug-likeness (QED) is 0.433. The van der Waals surface area contributed by atoms with E-state index in [0.717, 1.165) is 23.5 Å². The number of carbonyl (C=O) groups excluding carboxylic acids is 2. The van der Waals surface area contributed by atoms with Crippen LogP contribution in [0.1, 0.15) is 36.5 Å². The molecule has 31 heavy (non-hydrogen) atoms. The van der Waals surface area contributed by atoms with Crippen molar-refractivity contribution < 1.29 is 14.0 Å². The molecule has 6 heteroatoms. The highest BCUT2D eigenvalue weighted by atomic mass is 32.1. The molecule has 0 aliphatic carbocycles. The molecule has 3 aromatic rings. The molecule has 0 aliphatic rings. The van der Waals surface area contributed by atoms with E-state index in [1.54, 1.807) is 27.4 Å². The Morgan fingerprint density at radius 2 is 1.84 bits per heavy atom. The van der Waals surface area contributed by atoms with E-state index in [0.29, 0.717) is 19.5 Å². The van der Waals surface area contributed by atoms with Crippen molar-refractivity contribution >= 4 is 23.2 Å². The van der Waals surface area contributed by atoms with Crippen LogP contribution in [0.4, 0.5) is 0 Å². The molecule has 0 fully saturated rings. The minimum atomic E-state index is -0.0628. The summed E-state index contributed by atoms with van der Waals surface area (Å²) in [6, 6.07) is 17.7. The van der Waals surface area contributed by atoms with Gasteiger partial charge in [-0.25, -0.2) is 0 Å². The van der Waals surface area contributed by atoms with Crippen molar-refractivity contribution in [3.8, 4) is 0 Å². The number of amides is 2. The molecule has 5 nitrogen and oxygen atoms in total. The first-order valence-electron chi connectivity index (χ1n) is 10.7. The van der Waals surface area contributed by atoms with Crippen LogP contribution in [0, 0.1) is 0 Å². The molecular weight excluding hydrogens is 408 g/mol. The fourth-order valence-electron chi connectivity index (χ4n) is 3.41. The highest BCUT2D eigenvalue weighted by molar-refractivity contribution is 7.10. The molecule has 2 amide bonds. The largest absolute Gasteiger partial charge is 0.467 e. The Bertz CT molecular complexity index is 923. The third kappa shape index (κ3) is 6.82. The van der Waals surface area contributed by atoms with E-state index in [1.807, 2.05) is 61.7 Å². The lowest BCUT2D eigenvalue weighted by Crippen LogP contribution is -2.47. The van der Waals surface area contributed by atoms with Crippen molar-refractivity contribution in [2.24, 2.45) is 0 Å². The minimum absolute atomic E-state index is 0.00371. The average Bonchev–Trinajstić information content (AvgIpc) is 3.49. The van der Waals surface area contributed by atoms with Gasteiger partial charge in [-0.2, -0.15) is 0 Å². The van der Waals surface area contributed by atoms with Crippen LogP contribution in [-0.2, 0) is 29.0 Å². The second kappa shape index (κ2) is 11.5. The number of nitrogens with zero attached hydrogens (tertiary/aromatic N) is 2. The Hall–Kier alpha value is -2.86. The molecule has 2 aromatic heterocycles. The summed E-state index contributed by atoms with van der Waals surface area (Å²) in [5.74, 6) is 0.666. The van der Waals surface area contributed by atoms with Crippen molar-refractivity contribution in [3.05, 3.63) is 82.4 Å². The van der Waals surface area contributed by atoms with Gasteiger partial charge in [-0.3, -0.25) is 9.59 Å². The summed E-state index contributed by atoms with van der Waals surface area (Å²) in [6.45, 7) is 5.08. The molecular formula is C25H30N2O3S. The number of hydrogen-bond donors (Lipinski definition) is 0.